The molecule has 1 unspecified atom stereocenters. The summed E-state index contributed by atoms with van der Waals surface area (Å²) < 4.78 is 32.9. The molecule has 2 N–H and O–H groups in total. The van der Waals surface area contributed by atoms with Gasteiger partial charge < -0.3 is 15.4 Å². The molecule has 1 aromatic rings. The van der Waals surface area contributed by atoms with Crippen molar-refractivity contribution < 1.29 is 13.5 Å². The average Bonchev–Trinajstić information content (AvgIpc) is 2.65. The summed E-state index contributed by atoms with van der Waals surface area (Å²) in [6.45, 7) is 11.6. The third-order valence-electron chi connectivity index (χ3n) is 4.79. The number of ether oxygens (including phenoxy) is 1. The zero-order valence-corrected chi connectivity index (χ0v) is 16.6. The third kappa shape index (κ3) is 6.74. The van der Waals surface area contributed by atoms with Gasteiger partial charge in [0.05, 0.1) is 19.8 Å². The molecule has 0 aliphatic carbocycles. The molecule has 1 aromatic carbocycles. The molecule has 0 radical (unpaired) electrons. The molecule has 1 atom stereocenters. The summed E-state index contributed by atoms with van der Waals surface area (Å²) in [6, 6.07) is 4.29. The van der Waals surface area contributed by atoms with E-state index in [2.05, 4.69) is 29.4 Å². The van der Waals surface area contributed by atoms with E-state index in [-0.39, 0.29) is 12.0 Å². The molecule has 1 heterocycles. The minimum absolute atomic E-state index is 0.106. The Labute approximate surface area is 161 Å². The van der Waals surface area contributed by atoms with Crippen molar-refractivity contribution >= 4 is 5.96 Å². The molecule has 1 saturated heterocycles. The van der Waals surface area contributed by atoms with Crippen molar-refractivity contribution in [2.24, 2.45) is 10.9 Å². The predicted octanol–water partition coefficient (Wildman–Crippen LogP) is 2.42. The molecule has 0 spiro atoms. The first-order valence-electron chi connectivity index (χ1n) is 9.79. The van der Waals surface area contributed by atoms with Gasteiger partial charge in [-0.25, -0.2) is 8.78 Å². The van der Waals surface area contributed by atoms with Gasteiger partial charge in [0.2, 0.25) is 0 Å². The van der Waals surface area contributed by atoms with E-state index in [0.29, 0.717) is 31.0 Å². The predicted molar refractivity (Wildman–Crippen MR) is 105 cm³/mol. The van der Waals surface area contributed by atoms with Crippen LogP contribution in [-0.2, 0) is 11.2 Å². The first-order valence-corrected chi connectivity index (χ1v) is 9.79. The largest absolute Gasteiger partial charge is 0.379 e. The quantitative estimate of drug-likeness (QED) is 0.536. The van der Waals surface area contributed by atoms with Gasteiger partial charge in [-0.15, -0.1) is 0 Å². The molecule has 152 valence electrons. The van der Waals surface area contributed by atoms with Gasteiger partial charge in [0.1, 0.15) is 11.6 Å². The lowest BCUT2D eigenvalue weighted by atomic mass is 10.0. The van der Waals surface area contributed by atoms with E-state index in [4.69, 9.17) is 9.73 Å². The molecule has 27 heavy (non-hydrogen) atoms. The van der Waals surface area contributed by atoms with E-state index in [1.807, 2.05) is 6.92 Å². The van der Waals surface area contributed by atoms with Crippen molar-refractivity contribution in [2.75, 3.05) is 45.9 Å². The van der Waals surface area contributed by atoms with Crippen LogP contribution in [0.4, 0.5) is 8.78 Å². The fourth-order valence-electron chi connectivity index (χ4n) is 3.26. The van der Waals surface area contributed by atoms with Gasteiger partial charge in [0.15, 0.2) is 5.96 Å². The molecule has 0 amide bonds. The second-order valence-corrected chi connectivity index (χ2v) is 7.06. The van der Waals surface area contributed by atoms with Crippen LogP contribution in [-0.4, -0.2) is 62.8 Å². The van der Waals surface area contributed by atoms with Crippen molar-refractivity contribution in [2.45, 2.75) is 33.2 Å². The zero-order valence-electron chi connectivity index (χ0n) is 16.6. The minimum Gasteiger partial charge on any atom is -0.379 e. The number of nitrogens with zero attached hydrogens (tertiary/aromatic N) is 2. The highest BCUT2D eigenvalue weighted by Crippen LogP contribution is 2.14. The van der Waals surface area contributed by atoms with Gasteiger partial charge in [0, 0.05) is 37.8 Å². The molecule has 0 saturated carbocycles. The lowest BCUT2D eigenvalue weighted by molar-refractivity contribution is 0.00867. The van der Waals surface area contributed by atoms with Gasteiger partial charge in [-0.05, 0) is 31.4 Å². The molecular weight excluding hydrogens is 350 g/mol. The first-order chi connectivity index (χ1) is 13.0. The Morgan fingerprint density at radius 2 is 1.85 bits per heavy atom. The van der Waals surface area contributed by atoms with Crippen LogP contribution in [0.5, 0.6) is 0 Å². The van der Waals surface area contributed by atoms with Crippen LogP contribution in [0.1, 0.15) is 26.3 Å². The summed E-state index contributed by atoms with van der Waals surface area (Å²) in [4.78, 5) is 7.14. The third-order valence-corrected chi connectivity index (χ3v) is 4.79. The van der Waals surface area contributed by atoms with E-state index in [9.17, 15) is 8.78 Å². The molecule has 2 rings (SSSR count). The second-order valence-electron chi connectivity index (χ2n) is 7.06. The Morgan fingerprint density at radius 3 is 2.44 bits per heavy atom. The molecule has 1 fully saturated rings. The smallest absolute Gasteiger partial charge is 0.191 e. The number of morpholine rings is 1. The zero-order chi connectivity index (χ0) is 19.6. The standard InChI is InChI=1S/C20H32F2N4O/c1-4-23-20(24-9-8-16-17(21)6-5-7-18(16)22)25-14-19(15(2)3)26-10-12-27-13-11-26/h5-7,15,19H,4,8-14H2,1-3H3,(H2,23,24,25). The summed E-state index contributed by atoms with van der Waals surface area (Å²) in [5, 5.41) is 6.39. The average molecular weight is 382 g/mol. The van der Waals surface area contributed by atoms with Crippen LogP contribution < -0.4 is 10.6 Å². The number of hydrogen-bond acceptors (Lipinski definition) is 3. The summed E-state index contributed by atoms with van der Waals surface area (Å²) in [5.74, 6) is 0.132. The Kier molecular flexibility index (Phi) is 8.94. The summed E-state index contributed by atoms with van der Waals surface area (Å²) in [6.07, 6.45) is 0.264. The number of hydrogen-bond donors (Lipinski definition) is 2. The van der Waals surface area contributed by atoms with Crippen LogP contribution in [0.2, 0.25) is 0 Å². The van der Waals surface area contributed by atoms with Crippen molar-refractivity contribution in [1.82, 2.24) is 15.5 Å². The van der Waals surface area contributed by atoms with Crippen molar-refractivity contribution in [3.8, 4) is 0 Å². The van der Waals surface area contributed by atoms with Gasteiger partial charge in [-0.1, -0.05) is 19.9 Å². The van der Waals surface area contributed by atoms with E-state index in [0.717, 1.165) is 32.8 Å². The van der Waals surface area contributed by atoms with E-state index in [1.165, 1.54) is 18.2 Å². The first kappa shape index (κ1) is 21.6. The van der Waals surface area contributed by atoms with Crippen LogP contribution in [0.25, 0.3) is 0 Å². The Hall–Kier alpha value is -1.73. The normalized spacial score (nSPS) is 17.2. The van der Waals surface area contributed by atoms with Crippen molar-refractivity contribution in [1.29, 1.82) is 0 Å². The molecule has 7 heteroatoms. The monoisotopic (exact) mass is 382 g/mol. The summed E-state index contributed by atoms with van der Waals surface area (Å²) >= 11 is 0. The Balaban J connectivity index is 1.93. The number of halogens is 2. The van der Waals surface area contributed by atoms with Gasteiger partial charge in [-0.3, -0.25) is 9.89 Å². The molecule has 1 aliphatic heterocycles. The second kappa shape index (κ2) is 11.2. The maximum atomic E-state index is 13.7. The topological polar surface area (TPSA) is 48.9 Å². The van der Waals surface area contributed by atoms with E-state index < -0.39 is 11.6 Å². The lowest BCUT2D eigenvalue weighted by Gasteiger charge is -2.36. The fraction of sp³-hybridized carbons (Fsp3) is 0.650. The molecule has 1 aliphatic rings. The van der Waals surface area contributed by atoms with Gasteiger partial charge in [0.25, 0.3) is 0 Å². The molecule has 0 bridgehead atoms. The highest BCUT2D eigenvalue weighted by Gasteiger charge is 2.23. The molecule has 0 aromatic heterocycles. The minimum atomic E-state index is -0.508. The number of rotatable bonds is 8. The molecule has 5 nitrogen and oxygen atoms in total. The summed E-state index contributed by atoms with van der Waals surface area (Å²) in [7, 11) is 0. The van der Waals surface area contributed by atoms with Crippen LogP contribution in [0.15, 0.2) is 23.2 Å². The van der Waals surface area contributed by atoms with Crippen LogP contribution in [0, 0.1) is 17.6 Å². The van der Waals surface area contributed by atoms with Crippen molar-refractivity contribution in [3.63, 3.8) is 0 Å². The van der Waals surface area contributed by atoms with E-state index >= 15 is 0 Å². The van der Waals surface area contributed by atoms with Gasteiger partial charge in [-0.2, -0.15) is 0 Å². The van der Waals surface area contributed by atoms with Crippen LogP contribution in [0.3, 0.4) is 0 Å². The van der Waals surface area contributed by atoms with Crippen molar-refractivity contribution in [3.05, 3.63) is 35.4 Å². The number of benzene rings is 1. The fourth-order valence-corrected chi connectivity index (χ4v) is 3.26. The number of aliphatic imine (C=N–C) groups is 1. The van der Waals surface area contributed by atoms with Crippen LogP contribution >= 0.6 is 0 Å². The summed E-state index contributed by atoms with van der Waals surface area (Å²) in [5.41, 5.74) is 0.106. The Bertz CT molecular complexity index is 583. The number of guanidine groups is 1. The maximum absolute atomic E-state index is 13.7. The SMILES string of the molecule is CCNC(=NCC(C(C)C)N1CCOCC1)NCCc1c(F)cccc1F. The Morgan fingerprint density at radius 1 is 1.19 bits per heavy atom. The van der Waals surface area contributed by atoms with Gasteiger partial charge >= 0.3 is 0 Å². The molecular formula is C20H32F2N4O. The lowest BCUT2D eigenvalue weighted by Crippen LogP contribution is -2.48. The highest BCUT2D eigenvalue weighted by atomic mass is 19.1. The van der Waals surface area contributed by atoms with E-state index in [1.54, 1.807) is 0 Å². The number of nitrogens with one attached hydrogen (secondary N) is 2. The maximum Gasteiger partial charge on any atom is 0.191 e. The highest BCUT2D eigenvalue weighted by molar-refractivity contribution is 5.79.